The Morgan fingerprint density at radius 1 is 1.50 bits per heavy atom. The molecule has 92 valence electrons. The monoisotopic (exact) mass is 249 g/mol. The lowest BCUT2D eigenvalue weighted by Crippen LogP contribution is -2.10. The van der Waals surface area contributed by atoms with Crippen molar-refractivity contribution in [2.45, 2.75) is 0 Å². The van der Waals surface area contributed by atoms with Gasteiger partial charge in [0, 0.05) is 6.20 Å². The average Bonchev–Trinajstić information content (AvgIpc) is 2.87. The van der Waals surface area contributed by atoms with E-state index in [-0.39, 0.29) is 17.1 Å². The van der Waals surface area contributed by atoms with Gasteiger partial charge in [-0.2, -0.15) is 5.10 Å². The van der Waals surface area contributed by atoms with Crippen molar-refractivity contribution < 1.29 is 14.5 Å². The summed E-state index contributed by atoms with van der Waals surface area (Å²) < 4.78 is 5.68. The molecule has 0 saturated heterocycles. The molecule has 18 heavy (non-hydrogen) atoms. The minimum atomic E-state index is -0.649. The average molecular weight is 249 g/mol. The molecule has 2 rings (SSSR count). The molecule has 9 heteroatoms. The summed E-state index contributed by atoms with van der Waals surface area (Å²) in [6, 6.07) is 0. The molecule has 0 aliphatic carbocycles. The molecular formula is C9H7N5O4. The molecule has 0 spiro atoms. The van der Waals surface area contributed by atoms with E-state index >= 15 is 0 Å². The Bertz CT molecular complexity index is 609. The van der Waals surface area contributed by atoms with Crippen LogP contribution in [0.4, 0.5) is 5.69 Å². The van der Waals surface area contributed by atoms with E-state index in [0.29, 0.717) is 0 Å². The minimum absolute atomic E-state index is 0.0676. The van der Waals surface area contributed by atoms with Crippen molar-refractivity contribution in [2.75, 3.05) is 7.11 Å². The Morgan fingerprint density at radius 3 is 2.89 bits per heavy atom. The van der Waals surface area contributed by atoms with Gasteiger partial charge in [-0.3, -0.25) is 10.1 Å². The lowest BCUT2D eigenvalue weighted by molar-refractivity contribution is -0.384. The van der Waals surface area contributed by atoms with Crippen LogP contribution in [0.3, 0.4) is 0 Å². The maximum absolute atomic E-state index is 11.5. The summed E-state index contributed by atoms with van der Waals surface area (Å²) >= 11 is 0. The van der Waals surface area contributed by atoms with Crippen LogP contribution in [0.15, 0.2) is 24.9 Å². The molecule has 0 amide bonds. The summed E-state index contributed by atoms with van der Waals surface area (Å²) in [5.41, 5.74) is -0.137. The van der Waals surface area contributed by atoms with Gasteiger partial charge in [-0.15, -0.1) is 0 Å². The normalized spacial score (nSPS) is 10.1. The highest BCUT2D eigenvalue weighted by atomic mass is 16.6. The second-order valence-corrected chi connectivity index (χ2v) is 3.15. The van der Waals surface area contributed by atoms with Crippen LogP contribution in [0.1, 0.15) is 10.4 Å². The lowest BCUT2D eigenvalue weighted by atomic mass is 10.3. The molecule has 0 N–H and O–H groups in total. The first-order valence-electron chi connectivity index (χ1n) is 4.71. The first kappa shape index (κ1) is 11.6. The van der Waals surface area contributed by atoms with Gasteiger partial charge >= 0.3 is 11.7 Å². The molecule has 0 unspecified atom stereocenters. The van der Waals surface area contributed by atoms with Gasteiger partial charge in [-0.25, -0.2) is 19.4 Å². The van der Waals surface area contributed by atoms with E-state index in [1.807, 2.05) is 0 Å². The zero-order valence-electron chi connectivity index (χ0n) is 9.18. The van der Waals surface area contributed by atoms with Crippen molar-refractivity contribution in [3.8, 4) is 5.82 Å². The number of carbonyl (C=O) groups is 1. The third-order valence-electron chi connectivity index (χ3n) is 2.09. The van der Waals surface area contributed by atoms with Crippen LogP contribution >= 0.6 is 0 Å². The quantitative estimate of drug-likeness (QED) is 0.438. The second-order valence-electron chi connectivity index (χ2n) is 3.15. The van der Waals surface area contributed by atoms with E-state index in [9.17, 15) is 14.9 Å². The summed E-state index contributed by atoms with van der Waals surface area (Å²) in [5, 5.41) is 14.3. The fourth-order valence-corrected chi connectivity index (χ4v) is 1.28. The van der Waals surface area contributed by atoms with Gasteiger partial charge in [0.1, 0.15) is 24.3 Å². The van der Waals surface area contributed by atoms with E-state index in [4.69, 9.17) is 0 Å². The van der Waals surface area contributed by atoms with Crippen molar-refractivity contribution in [1.29, 1.82) is 0 Å². The number of hydrogen-bond acceptors (Lipinski definition) is 7. The molecule has 2 heterocycles. The molecule has 9 nitrogen and oxygen atoms in total. The molecular weight excluding hydrogens is 242 g/mol. The molecule has 2 aromatic rings. The van der Waals surface area contributed by atoms with Crippen molar-refractivity contribution >= 4 is 11.7 Å². The predicted molar refractivity (Wildman–Crippen MR) is 57.1 cm³/mol. The number of esters is 1. The van der Waals surface area contributed by atoms with Crippen molar-refractivity contribution in [3.63, 3.8) is 0 Å². The summed E-state index contributed by atoms with van der Waals surface area (Å²) in [6.45, 7) is 0. The smallest absolute Gasteiger partial charge is 0.343 e. The van der Waals surface area contributed by atoms with Gasteiger partial charge in [0.2, 0.25) is 0 Å². The number of rotatable bonds is 3. The molecule has 0 bridgehead atoms. The van der Waals surface area contributed by atoms with Crippen LogP contribution in [-0.2, 0) is 4.74 Å². The van der Waals surface area contributed by atoms with E-state index in [1.54, 1.807) is 0 Å². The molecule has 0 aliphatic heterocycles. The Morgan fingerprint density at radius 2 is 2.28 bits per heavy atom. The molecule has 0 aromatic carbocycles. The van der Waals surface area contributed by atoms with Gasteiger partial charge in [-0.1, -0.05) is 0 Å². The molecule has 0 saturated carbocycles. The summed E-state index contributed by atoms with van der Waals surface area (Å²) in [6.07, 6.45) is 4.66. The topological polar surface area (TPSA) is 113 Å². The van der Waals surface area contributed by atoms with Crippen molar-refractivity contribution in [1.82, 2.24) is 19.7 Å². The fourth-order valence-electron chi connectivity index (χ4n) is 1.28. The number of nitrogens with zero attached hydrogens (tertiary/aromatic N) is 5. The first-order valence-corrected chi connectivity index (χ1v) is 4.71. The van der Waals surface area contributed by atoms with Crippen molar-refractivity contribution in [3.05, 3.63) is 40.6 Å². The third-order valence-corrected chi connectivity index (χ3v) is 2.09. The maximum atomic E-state index is 11.5. The highest BCUT2D eigenvalue weighted by Gasteiger charge is 2.18. The van der Waals surface area contributed by atoms with Gasteiger partial charge in [0.25, 0.3) is 0 Å². The SMILES string of the molecule is COC(=O)c1cncnc1-n1cc([N+](=O)[O-])cn1. The summed E-state index contributed by atoms with van der Waals surface area (Å²) in [7, 11) is 1.21. The Kier molecular flexibility index (Phi) is 2.96. The number of ether oxygens (including phenoxy) is 1. The summed E-state index contributed by atoms with van der Waals surface area (Å²) in [4.78, 5) is 29.0. The first-order chi connectivity index (χ1) is 8.63. The number of methoxy groups -OCH3 is 1. The molecule has 2 aromatic heterocycles. The number of carbonyl (C=O) groups excluding carboxylic acids is 1. The molecule has 0 fully saturated rings. The van der Waals surface area contributed by atoms with E-state index in [1.165, 1.54) is 19.6 Å². The standard InChI is InChI=1S/C9H7N5O4/c1-18-9(15)7-3-10-5-11-8(7)13-4-6(2-12-13)14(16)17/h2-5H,1H3. The Hall–Kier alpha value is -2.84. The Labute approximate surface area is 100 Å². The largest absolute Gasteiger partial charge is 0.465 e. The zero-order valence-corrected chi connectivity index (χ0v) is 9.18. The molecule has 0 aliphatic rings. The number of aromatic nitrogens is 4. The van der Waals surface area contributed by atoms with Crippen LogP contribution in [0.5, 0.6) is 0 Å². The highest BCUT2D eigenvalue weighted by Crippen LogP contribution is 2.15. The fraction of sp³-hybridized carbons (Fsp3) is 0.111. The zero-order chi connectivity index (χ0) is 13.1. The van der Waals surface area contributed by atoms with Crippen LogP contribution < -0.4 is 0 Å². The molecule has 0 radical (unpaired) electrons. The van der Waals surface area contributed by atoms with Crippen LogP contribution in [0.2, 0.25) is 0 Å². The number of nitro groups is 1. The maximum Gasteiger partial charge on any atom is 0.343 e. The Balaban J connectivity index is 2.49. The van der Waals surface area contributed by atoms with Crippen LogP contribution in [-0.4, -0.2) is 37.8 Å². The molecule has 0 atom stereocenters. The van der Waals surface area contributed by atoms with Gasteiger partial charge in [0.05, 0.1) is 12.0 Å². The second kappa shape index (κ2) is 4.57. The van der Waals surface area contributed by atoms with E-state index in [2.05, 4.69) is 19.8 Å². The van der Waals surface area contributed by atoms with E-state index < -0.39 is 10.9 Å². The van der Waals surface area contributed by atoms with Gasteiger partial charge in [-0.05, 0) is 0 Å². The van der Waals surface area contributed by atoms with Crippen LogP contribution in [0.25, 0.3) is 5.82 Å². The highest BCUT2D eigenvalue weighted by molar-refractivity contribution is 5.92. The summed E-state index contributed by atoms with van der Waals surface area (Å²) in [5.74, 6) is -0.534. The third kappa shape index (κ3) is 2.00. The van der Waals surface area contributed by atoms with Crippen LogP contribution in [0, 0.1) is 10.1 Å². The van der Waals surface area contributed by atoms with Gasteiger partial charge in [0.15, 0.2) is 5.82 Å². The van der Waals surface area contributed by atoms with Gasteiger partial charge < -0.3 is 4.74 Å². The van der Waals surface area contributed by atoms with Crippen molar-refractivity contribution in [2.24, 2.45) is 0 Å². The minimum Gasteiger partial charge on any atom is -0.465 e. The number of hydrogen-bond donors (Lipinski definition) is 0. The predicted octanol–water partition coefficient (Wildman–Crippen LogP) is 0.357. The lowest BCUT2D eigenvalue weighted by Gasteiger charge is -2.04. The van der Waals surface area contributed by atoms with E-state index in [0.717, 1.165) is 17.1 Å².